The normalized spacial score (nSPS) is 21.5. The van der Waals surface area contributed by atoms with Crippen molar-refractivity contribution in [3.8, 4) is 0 Å². The van der Waals surface area contributed by atoms with Crippen molar-refractivity contribution in [2.75, 3.05) is 25.5 Å². The highest BCUT2D eigenvalue weighted by Gasteiger charge is 2.34. The van der Waals surface area contributed by atoms with Gasteiger partial charge in [0, 0.05) is 37.3 Å². The number of anilines is 1. The summed E-state index contributed by atoms with van der Waals surface area (Å²) in [5, 5.41) is 6.90. The fourth-order valence-corrected chi connectivity index (χ4v) is 3.19. The molecule has 0 spiro atoms. The van der Waals surface area contributed by atoms with Crippen LogP contribution in [-0.2, 0) is 4.74 Å². The molecule has 2 N–H and O–H groups in total. The third kappa shape index (κ3) is 3.55. The van der Waals surface area contributed by atoms with Crippen molar-refractivity contribution in [1.82, 2.24) is 10.2 Å². The first-order valence-corrected chi connectivity index (χ1v) is 8.31. The van der Waals surface area contributed by atoms with Crippen LogP contribution in [0.4, 0.5) is 10.5 Å². The molecule has 1 aliphatic rings. The number of nitrogens with zero attached hydrogens (tertiary/aromatic N) is 1. The quantitative estimate of drug-likeness (QED) is 0.904. The Hall–Kier alpha value is -2.05. The molecule has 130 valence electrons. The summed E-state index contributed by atoms with van der Waals surface area (Å²) in [6.07, 6.45) is 0.0113. The number of furan rings is 1. The first-order valence-electron chi connectivity index (χ1n) is 8.31. The number of benzene rings is 1. The van der Waals surface area contributed by atoms with Gasteiger partial charge in [0.2, 0.25) is 0 Å². The molecular formula is C18H25N3O3. The molecule has 2 amide bonds. The van der Waals surface area contributed by atoms with Gasteiger partial charge in [-0.1, -0.05) is 0 Å². The number of nitrogens with one attached hydrogen (secondary N) is 2. The van der Waals surface area contributed by atoms with Crippen LogP contribution in [0.25, 0.3) is 11.0 Å². The lowest BCUT2D eigenvalue weighted by atomic mass is 10.2. The van der Waals surface area contributed by atoms with Crippen LogP contribution in [0, 0.1) is 6.92 Å². The number of hydrogen-bond acceptors (Lipinski definition) is 4. The zero-order valence-corrected chi connectivity index (χ0v) is 14.6. The third-order valence-electron chi connectivity index (χ3n) is 4.54. The maximum Gasteiger partial charge on any atom is 0.319 e. The Bertz CT molecular complexity index is 725. The Balaban J connectivity index is 1.63. The van der Waals surface area contributed by atoms with Crippen LogP contribution < -0.4 is 10.6 Å². The molecule has 0 radical (unpaired) electrons. The van der Waals surface area contributed by atoms with E-state index < -0.39 is 0 Å². The van der Waals surface area contributed by atoms with Crippen molar-refractivity contribution in [2.24, 2.45) is 0 Å². The largest absolute Gasteiger partial charge is 0.461 e. The topological polar surface area (TPSA) is 66.7 Å². The minimum atomic E-state index is -0.216. The summed E-state index contributed by atoms with van der Waals surface area (Å²) in [6.45, 7) is 7.84. The highest BCUT2D eigenvalue weighted by Crippen LogP contribution is 2.23. The van der Waals surface area contributed by atoms with Crippen LogP contribution in [0.3, 0.4) is 0 Å². The van der Waals surface area contributed by atoms with Crippen LogP contribution in [0.2, 0.25) is 0 Å². The van der Waals surface area contributed by atoms with E-state index in [1.54, 1.807) is 7.11 Å². The molecule has 0 unspecified atom stereocenters. The van der Waals surface area contributed by atoms with Crippen LogP contribution in [-0.4, -0.2) is 49.3 Å². The van der Waals surface area contributed by atoms with Gasteiger partial charge in [-0.15, -0.1) is 0 Å². The van der Waals surface area contributed by atoms with Gasteiger partial charge in [-0.3, -0.25) is 4.90 Å². The van der Waals surface area contributed by atoms with E-state index in [9.17, 15) is 4.79 Å². The van der Waals surface area contributed by atoms with Crippen molar-refractivity contribution in [3.05, 3.63) is 30.0 Å². The fraction of sp³-hybridized carbons (Fsp3) is 0.500. The molecule has 2 aromatic rings. The number of likely N-dealkylation sites (tertiary alicyclic amines) is 1. The van der Waals surface area contributed by atoms with Crippen LogP contribution in [0.15, 0.2) is 28.7 Å². The number of fused-ring (bicyclic) bond motifs is 1. The van der Waals surface area contributed by atoms with Crippen molar-refractivity contribution in [2.45, 2.75) is 39.0 Å². The van der Waals surface area contributed by atoms with Gasteiger partial charge in [0.1, 0.15) is 11.3 Å². The van der Waals surface area contributed by atoms with Gasteiger partial charge in [0.15, 0.2) is 0 Å². The Kier molecular flexibility index (Phi) is 4.78. The molecule has 1 fully saturated rings. The lowest BCUT2D eigenvalue weighted by molar-refractivity contribution is 0.0896. The standard InChI is InChI=1S/C18H25N3O3/c1-11(2)21-9-15(17(10-21)23-4)20-18(22)19-14-5-6-16-13(8-14)7-12(3)24-16/h5-8,11,15,17H,9-10H2,1-4H3,(H2,19,20,22)/t15-,17-/m0/s1. The summed E-state index contributed by atoms with van der Waals surface area (Å²) in [5.74, 6) is 0.856. The van der Waals surface area contributed by atoms with Crippen LogP contribution in [0.5, 0.6) is 0 Å². The molecular weight excluding hydrogens is 306 g/mol. The van der Waals surface area contributed by atoms with E-state index in [2.05, 4.69) is 29.4 Å². The lowest BCUT2D eigenvalue weighted by Crippen LogP contribution is -2.45. The minimum absolute atomic E-state index is 0.0113. The van der Waals surface area contributed by atoms with E-state index in [0.29, 0.717) is 6.04 Å². The summed E-state index contributed by atoms with van der Waals surface area (Å²) < 4.78 is 11.1. The number of carbonyl (C=O) groups is 1. The van der Waals surface area contributed by atoms with Gasteiger partial charge in [-0.05, 0) is 45.0 Å². The molecule has 0 aliphatic carbocycles. The molecule has 24 heavy (non-hydrogen) atoms. The van der Waals surface area contributed by atoms with E-state index >= 15 is 0 Å². The highest BCUT2D eigenvalue weighted by molar-refractivity contribution is 5.92. The predicted octanol–water partition coefficient (Wildman–Crippen LogP) is 2.97. The maximum atomic E-state index is 12.3. The average Bonchev–Trinajstić information content (AvgIpc) is 3.09. The molecule has 0 bridgehead atoms. The van der Waals surface area contributed by atoms with E-state index in [1.165, 1.54) is 0 Å². The predicted molar refractivity (Wildman–Crippen MR) is 94.4 cm³/mol. The number of ether oxygens (including phenoxy) is 1. The molecule has 1 aliphatic heterocycles. The number of carbonyl (C=O) groups excluding carboxylic acids is 1. The van der Waals surface area contributed by atoms with E-state index in [4.69, 9.17) is 9.15 Å². The summed E-state index contributed by atoms with van der Waals surface area (Å²) in [7, 11) is 1.69. The monoisotopic (exact) mass is 331 g/mol. The second-order valence-electron chi connectivity index (χ2n) is 6.64. The van der Waals surface area contributed by atoms with E-state index in [0.717, 1.165) is 35.5 Å². The maximum absolute atomic E-state index is 12.3. The smallest absolute Gasteiger partial charge is 0.319 e. The summed E-state index contributed by atoms with van der Waals surface area (Å²) >= 11 is 0. The van der Waals surface area contributed by atoms with Gasteiger partial charge in [-0.25, -0.2) is 4.79 Å². The molecule has 0 saturated carbocycles. The summed E-state index contributed by atoms with van der Waals surface area (Å²) in [6, 6.07) is 7.78. The highest BCUT2D eigenvalue weighted by atomic mass is 16.5. The first kappa shape index (κ1) is 16.8. The number of hydrogen-bond donors (Lipinski definition) is 2. The van der Waals surface area contributed by atoms with Gasteiger partial charge < -0.3 is 19.8 Å². The Morgan fingerprint density at radius 3 is 2.83 bits per heavy atom. The number of rotatable bonds is 4. The van der Waals surface area contributed by atoms with Crippen molar-refractivity contribution >= 4 is 22.7 Å². The molecule has 1 saturated heterocycles. The van der Waals surface area contributed by atoms with Gasteiger partial charge in [0.25, 0.3) is 0 Å². The minimum Gasteiger partial charge on any atom is -0.461 e. The SMILES string of the molecule is CO[C@H]1CN(C(C)C)C[C@@H]1NC(=O)Nc1ccc2oc(C)cc2c1. The molecule has 2 heterocycles. The summed E-state index contributed by atoms with van der Waals surface area (Å²) in [4.78, 5) is 14.6. The van der Waals surface area contributed by atoms with Crippen molar-refractivity contribution < 1.29 is 13.9 Å². The van der Waals surface area contributed by atoms with Crippen molar-refractivity contribution in [1.29, 1.82) is 0 Å². The average molecular weight is 331 g/mol. The lowest BCUT2D eigenvalue weighted by Gasteiger charge is -2.20. The Morgan fingerprint density at radius 1 is 1.33 bits per heavy atom. The second kappa shape index (κ2) is 6.83. The van der Waals surface area contributed by atoms with E-state index in [-0.39, 0.29) is 18.2 Å². The molecule has 2 atom stereocenters. The first-order chi connectivity index (χ1) is 11.5. The number of amides is 2. The zero-order valence-electron chi connectivity index (χ0n) is 14.6. The fourth-order valence-electron chi connectivity index (χ4n) is 3.19. The molecule has 6 nitrogen and oxygen atoms in total. The van der Waals surface area contributed by atoms with Gasteiger partial charge >= 0.3 is 6.03 Å². The molecule has 6 heteroatoms. The van der Waals surface area contributed by atoms with Crippen LogP contribution in [0.1, 0.15) is 19.6 Å². The van der Waals surface area contributed by atoms with Crippen molar-refractivity contribution in [3.63, 3.8) is 0 Å². The molecule has 1 aromatic carbocycles. The number of methoxy groups -OCH3 is 1. The van der Waals surface area contributed by atoms with Gasteiger partial charge in [0.05, 0.1) is 12.1 Å². The van der Waals surface area contributed by atoms with Gasteiger partial charge in [-0.2, -0.15) is 0 Å². The van der Waals surface area contributed by atoms with Crippen LogP contribution >= 0.6 is 0 Å². The third-order valence-corrected chi connectivity index (χ3v) is 4.54. The molecule has 1 aromatic heterocycles. The molecule has 3 rings (SSSR count). The number of aryl methyl sites for hydroxylation is 1. The number of urea groups is 1. The Labute approximate surface area is 142 Å². The Morgan fingerprint density at radius 2 is 2.12 bits per heavy atom. The van der Waals surface area contributed by atoms with E-state index in [1.807, 2.05) is 31.2 Å². The second-order valence-corrected chi connectivity index (χ2v) is 6.64. The summed E-state index contributed by atoms with van der Waals surface area (Å²) in [5.41, 5.74) is 1.56. The zero-order chi connectivity index (χ0) is 17.3.